The van der Waals surface area contributed by atoms with E-state index in [9.17, 15) is 9.59 Å². The SMILES string of the molecule is CC[C@@H](C)[C@@H](N)C(=O)O.CC[C@@H](C)[C@H](N)C(=O)O. The van der Waals surface area contributed by atoms with Crippen LogP contribution in [0, 0.1) is 11.8 Å². The molecule has 0 aromatic heterocycles. The molecule has 0 aliphatic carbocycles. The van der Waals surface area contributed by atoms with Gasteiger partial charge in [-0.1, -0.05) is 40.5 Å². The molecule has 18 heavy (non-hydrogen) atoms. The summed E-state index contributed by atoms with van der Waals surface area (Å²) < 4.78 is 0. The van der Waals surface area contributed by atoms with Crippen LogP contribution in [0.2, 0.25) is 0 Å². The lowest BCUT2D eigenvalue weighted by Gasteiger charge is -2.11. The summed E-state index contributed by atoms with van der Waals surface area (Å²) in [5.74, 6) is -1.68. The molecule has 108 valence electrons. The maximum Gasteiger partial charge on any atom is 0.320 e. The largest absolute Gasteiger partial charge is 0.480 e. The second kappa shape index (κ2) is 9.85. The molecular formula is C12H26N2O4. The fraction of sp³-hybridized carbons (Fsp3) is 0.833. The van der Waals surface area contributed by atoms with Crippen molar-refractivity contribution in [2.45, 2.75) is 52.6 Å². The van der Waals surface area contributed by atoms with Gasteiger partial charge in [0.25, 0.3) is 0 Å². The predicted molar refractivity (Wildman–Crippen MR) is 70.1 cm³/mol. The van der Waals surface area contributed by atoms with Gasteiger partial charge < -0.3 is 21.7 Å². The number of rotatable bonds is 6. The number of hydrogen-bond donors (Lipinski definition) is 4. The van der Waals surface area contributed by atoms with Crippen LogP contribution >= 0.6 is 0 Å². The Balaban J connectivity index is 0. The monoisotopic (exact) mass is 262 g/mol. The summed E-state index contributed by atoms with van der Waals surface area (Å²) >= 11 is 0. The lowest BCUT2D eigenvalue weighted by Crippen LogP contribution is -2.36. The van der Waals surface area contributed by atoms with E-state index >= 15 is 0 Å². The molecule has 0 aromatic carbocycles. The summed E-state index contributed by atoms with van der Waals surface area (Å²) in [5.41, 5.74) is 10.5. The minimum absolute atomic E-state index is 0.0718. The van der Waals surface area contributed by atoms with Gasteiger partial charge in [-0.05, 0) is 11.8 Å². The summed E-state index contributed by atoms with van der Waals surface area (Å²) in [4.78, 5) is 20.3. The maximum absolute atomic E-state index is 10.2. The summed E-state index contributed by atoms with van der Waals surface area (Å²) in [6, 6.07) is -1.40. The van der Waals surface area contributed by atoms with Gasteiger partial charge in [-0.25, -0.2) is 0 Å². The van der Waals surface area contributed by atoms with Crippen molar-refractivity contribution in [3.8, 4) is 0 Å². The van der Waals surface area contributed by atoms with Crippen molar-refractivity contribution >= 4 is 11.9 Å². The molecule has 4 atom stereocenters. The van der Waals surface area contributed by atoms with Crippen molar-refractivity contribution in [1.29, 1.82) is 0 Å². The van der Waals surface area contributed by atoms with Crippen molar-refractivity contribution in [3.05, 3.63) is 0 Å². The number of nitrogens with two attached hydrogens (primary N) is 2. The lowest BCUT2D eigenvalue weighted by molar-refractivity contribution is -0.140. The quantitative estimate of drug-likeness (QED) is 0.563. The normalized spacial score (nSPS) is 16.8. The van der Waals surface area contributed by atoms with Gasteiger partial charge in [0, 0.05) is 0 Å². The van der Waals surface area contributed by atoms with Crippen LogP contribution in [0.3, 0.4) is 0 Å². The number of carboxylic acids is 2. The van der Waals surface area contributed by atoms with E-state index in [-0.39, 0.29) is 11.8 Å². The minimum Gasteiger partial charge on any atom is -0.480 e. The smallest absolute Gasteiger partial charge is 0.320 e. The average Bonchev–Trinajstić information content (AvgIpc) is 2.35. The van der Waals surface area contributed by atoms with Gasteiger partial charge in [0.15, 0.2) is 0 Å². The zero-order valence-corrected chi connectivity index (χ0v) is 11.6. The van der Waals surface area contributed by atoms with Gasteiger partial charge >= 0.3 is 11.9 Å². The number of hydrogen-bond acceptors (Lipinski definition) is 4. The third-order valence-electron chi connectivity index (χ3n) is 3.08. The fourth-order valence-electron chi connectivity index (χ4n) is 0.995. The Hall–Kier alpha value is -1.14. The number of aliphatic carboxylic acids is 2. The first-order valence-corrected chi connectivity index (χ1v) is 6.15. The van der Waals surface area contributed by atoms with Gasteiger partial charge in [0.2, 0.25) is 0 Å². The Morgan fingerprint density at radius 1 is 0.889 bits per heavy atom. The Kier molecular flexibility index (Phi) is 10.5. The Labute approximate surface area is 108 Å². The highest BCUT2D eigenvalue weighted by Crippen LogP contribution is 2.04. The molecule has 0 aliphatic rings. The molecule has 0 radical (unpaired) electrons. The van der Waals surface area contributed by atoms with E-state index in [0.29, 0.717) is 0 Å². The summed E-state index contributed by atoms with van der Waals surface area (Å²) in [6.45, 7) is 7.51. The molecule has 6 heteroatoms. The first-order chi connectivity index (χ1) is 8.18. The van der Waals surface area contributed by atoms with Crippen LogP contribution < -0.4 is 11.5 Å². The maximum atomic E-state index is 10.2. The first kappa shape index (κ1) is 19.2. The van der Waals surface area contributed by atoms with Crippen molar-refractivity contribution in [1.82, 2.24) is 0 Å². The number of carboxylic acid groups (broad SMARTS) is 2. The van der Waals surface area contributed by atoms with Crippen LogP contribution in [-0.2, 0) is 9.59 Å². The van der Waals surface area contributed by atoms with Gasteiger partial charge in [-0.2, -0.15) is 0 Å². The van der Waals surface area contributed by atoms with Gasteiger partial charge in [0.1, 0.15) is 12.1 Å². The molecule has 0 heterocycles. The van der Waals surface area contributed by atoms with E-state index in [2.05, 4.69) is 0 Å². The zero-order chi connectivity index (χ0) is 14.9. The standard InChI is InChI=1S/2C6H13NO2/c2*1-3-4(2)5(7)6(8)9/h2*4-5H,3,7H2,1-2H3,(H,8,9)/t4-,5+;4-,5-/m11/s1. The third-order valence-corrected chi connectivity index (χ3v) is 3.08. The van der Waals surface area contributed by atoms with Crippen LogP contribution in [0.4, 0.5) is 0 Å². The molecule has 0 unspecified atom stereocenters. The first-order valence-electron chi connectivity index (χ1n) is 6.15. The molecule has 0 saturated carbocycles. The molecule has 6 nitrogen and oxygen atoms in total. The van der Waals surface area contributed by atoms with Gasteiger partial charge in [-0.15, -0.1) is 0 Å². The Morgan fingerprint density at radius 3 is 1.17 bits per heavy atom. The van der Waals surface area contributed by atoms with E-state index < -0.39 is 24.0 Å². The van der Waals surface area contributed by atoms with Crippen molar-refractivity contribution in [2.75, 3.05) is 0 Å². The molecule has 0 spiro atoms. The Bertz CT molecular complexity index is 232. The molecular weight excluding hydrogens is 236 g/mol. The zero-order valence-electron chi connectivity index (χ0n) is 11.6. The van der Waals surface area contributed by atoms with Crippen LogP contribution in [0.25, 0.3) is 0 Å². The summed E-state index contributed by atoms with van der Waals surface area (Å²) in [7, 11) is 0. The van der Waals surface area contributed by atoms with Crippen LogP contribution in [0.5, 0.6) is 0 Å². The minimum atomic E-state index is -0.913. The molecule has 0 aromatic rings. The fourth-order valence-corrected chi connectivity index (χ4v) is 0.995. The molecule has 0 saturated heterocycles. The molecule has 0 amide bonds. The molecule has 6 N–H and O–H groups in total. The predicted octanol–water partition coefficient (Wildman–Crippen LogP) is 0.889. The van der Waals surface area contributed by atoms with E-state index in [1.807, 2.05) is 27.7 Å². The lowest BCUT2D eigenvalue weighted by atomic mass is 10.0. The van der Waals surface area contributed by atoms with Crippen molar-refractivity contribution in [3.63, 3.8) is 0 Å². The van der Waals surface area contributed by atoms with Crippen molar-refractivity contribution < 1.29 is 19.8 Å². The van der Waals surface area contributed by atoms with Crippen LogP contribution in [-0.4, -0.2) is 34.2 Å². The highest BCUT2D eigenvalue weighted by Gasteiger charge is 2.17. The third kappa shape index (κ3) is 8.03. The Morgan fingerprint density at radius 2 is 1.11 bits per heavy atom. The highest BCUT2D eigenvalue weighted by atomic mass is 16.4. The van der Waals surface area contributed by atoms with Crippen LogP contribution in [0.15, 0.2) is 0 Å². The topological polar surface area (TPSA) is 127 Å². The average molecular weight is 262 g/mol. The van der Waals surface area contributed by atoms with Gasteiger partial charge in [-0.3, -0.25) is 9.59 Å². The molecule has 0 rings (SSSR count). The molecule has 0 fully saturated rings. The molecule has 0 aliphatic heterocycles. The second-order valence-corrected chi connectivity index (χ2v) is 4.50. The second-order valence-electron chi connectivity index (χ2n) is 4.50. The van der Waals surface area contributed by atoms with Gasteiger partial charge in [0.05, 0.1) is 0 Å². The van der Waals surface area contributed by atoms with E-state index in [4.69, 9.17) is 21.7 Å². The molecule has 0 bridgehead atoms. The van der Waals surface area contributed by atoms with E-state index in [1.165, 1.54) is 0 Å². The number of carbonyl (C=O) groups is 2. The van der Waals surface area contributed by atoms with Crippen molar-refractivity contribution in [2.24, 2.45) is 23.3 Å². The van der Waals surface area contributed by atoms with Crippen LogP contribution in [0.1, 0.15) is 40.5 Å². The van der Waals surface area contributed by atoms with E-state index in [0.717, 1.165) is 12.8 Å². The summed E-state index contributed by atoms with van der Waals surface area (Å²) in [5, 5.41) is 16.7. The summed E-state index contributed by atoms with van der Waals surface area (Å²) in [6.07, 6.45) is 1.63. The van der Waals surface area contributed by atoms with E-state index in [1.54, 1.807) is 0 Å². The highest BCUT2D eigenvalue weighted by molar-refractivity contribution is 5.73.